The number of amides is 2. The van der Waals surface area contributed by atoms with Crippen molar-refractivity contribution in [2.75, 3.05) is 11.9 Å². The van der Waals surface area contributed by atoms with Crippen LogP contribution < -0.4 is 20.6 Å². The van der Waals surface area contributed by atoms with Gasteiger partial charge in [-0.25, -0.2) is 9.18 Å². The van der Waals surface area contributed by atoms with Gasteiger partial charge in [0.05, 0.1) is 0 Å². The molecule has 0 bridgehead atoms. The predicted octanol–water partition coefficient (Wildman–Crippen LogP) is 4.56. The van der Waals surface area contributed by atoms with Crippen molar-refractivity contribution in [2.45, 2.75) is 49.9 Å². The van der Waals surface area contributed by atoms with Crippen LogP contribution in [0.25, 0.3) is 0 Å². The Balaban J connectivity index is 1.64. The second-order valence-electron chi connectivity index (χ2n) is 10.9. The summed E-state index contributed by atoms with van der Waals surface area (Å²) >= 11 is 0. The van der Waals surface area contributed by atoms with Gasteiger partial charge in [0, 0.05) is 24.7 Å². The van der Waals surface area contributed by atoms with E-state index >= 15 is 0 Å². The molecular formula is C29H31FN2O3Si. The Morgan fingerprint density at radius 1 is 1.00 bits per heavy atom. The number of ether oxygens (including phenoxy) is 1. The number of benzene rings is 3. The summed E-state index contributed by atoms with van der Waals surface area (Å²) in [6, 6.07) is 25.8. The molecule has 1 spiro atoms. The molecule has 0 aliphatic carbocycles. The standard InChI is InChI=1S/C29H31FN2O3Si/c1-28(2,3)36(22-11-7-5-8-12-22,23-13-9-6-10-14-23)19-21-18-29(31-27(34)35-21)24-17-20(30)15-16-25(24)32(4)26(29)33/h5-17,21H,18-19H2,1-4H3,(H,31,34)/t21-,29+/m0/s1. The molecule has 2 aliphatic heterocycles. The smallest absolute Gasteiger partial charge is 0.408 e. The maximum Gasteiger partial charge on any atom is 0.408 e. The molecule has 5 nitrogen and oxygen atoms in total. The Morgan fingerprint density at radius 2 is 1.58 bits per heavy atom. The third kappa shape index (κ3) is 3.64. The number of nitrogens with zero attached hydrogens (tertiary/aromatic N) is 1. The fourth-order valence-corrected chi connectivity index (χ4v) is 11.8. The van der Waals surface area contributed by atoms with Crippen molar-refractivity contribution in [1.29, 1.82) is 0 Å². The van der Waals surface area contributed by atoms with Gasteiger partial charge in [-0.3, -0.25) is 4.79 Å². The zero-order valence-corrected chi connectivity index (χ0v) is 22.0. The van der Waals surface area contributed by atoms with Crippen LogP contribution in [0.4, 0.5) is 14.9 Å². The average molecular weight is 503 g/mol. The number of hydrogen-bond acceptors (Lipinski definition) is 3. The average Bonchev–Trinajstić information content (AvgIpc) is 3.03. The number of cyclic esters (lactones) is 1. The third-order valence-electron chi connectivity index (χ3n) is 7.92. The largest absolute Gasteiger partial charge is 0.446 e. The first kappa shape index (κ1) is 24.3. The molecule has 1 saturated heterocycles. The first-order chi connectivity index (χ1) is 17.1. The van der Waals surface area contributed by atoms with Gasteiger partial charge in [-0.05, 0) is 29.3 Å². The molecule has 3 aromatic carbocycles. The normalized spacial score (nSPS) is 21.8. The molecule has 2 heterocycles. The lowest BCUT2D eigenvalue weighted by molar-refractivity contribution is -0.126. The van der Waals surface area contributed by atoms with Crippen molar-refractivity contribution < 1.29 is 18.7 Å². The topological polar surface area (TPSA) is 58.6 Å². The minimum atomic E-state index is -2.58. The lowest BCUT2D eigenvalue weighted by Gasteiger charge is -2.47. The van der Waals surface area contributed by atoms with Gasteiger partial charge in [-0.2, -0.15) is 0 Å². The first-order valence-electron chi connectivity index (χ1n) is 12.3. The van der Waals surface area contributed by atoms with E-state index in [-0.39, 0.29) is 17.4 Å². The lowest BCUT2D eigenvalue weighted by atomic mass is 9.85. The Bertz CT molecular complexity index is 1270. The third-order valence-corrected chi connectivity index (χ3v) is 14.2. The maximum absolute atomic E-state index is 14.4. The number of carbonyl (C=O) groups excluding carboxylic acids is 2. The second-order valence-corrected chi connectivity index (χ2v) is 15.8. The lowest BCUT2D eigenvalue weighted by Crippen LogP contribution is -2.67. The quantitative estimate of drug-likeness (QED) is 0.532. The van der Waals surface area contributed by atoms with Gasteiger partial charge in [0.15, 0.2) is 5.54 Å². The molecule has 7 heteroatoms. The highest BCUT2D eigenvalue weighted by Gasteiger charge is 2.58. The fraction of sp³-hybridized carbons (Fsp3) is 0.310. The number of likely N-dealkylation sites (N-methyl/N-ethyl adjacent to an activating group) is 1. The number of anilines is 1. The van der Waals surface area contributed by atoms with E-state index < -0.39 is 31.6 Å². The number of carbonyl (C=O) groups is 2. The Kier molecular flexibility index (Phi) is 5.78. The monoisotopic (exact) mass is 502 g/mol. The van der Waals surface area contributed by atoms with Crippen molar-refractivity contribution in [3.63, 3.8) is 0 Å². The summed E-state index contributed by atoms with van der Waals surface area (Å²) in [7, 11) is -0.920. The zero-order chi connectivity index (χ0) is 25.7. The van der Waals surface area contributed by atoms with Crippen LogP contribution in [0.5, 0.6) is 0 Å². The van der Waals surface area contributed by atoms with Crippen molar-refractivity contribution in [3.8, 4) is 0 Å². The molecule has 186 valence electrons. The molecule has 2 amide bonds. The molecule has 5 rings (SSSR count). The van der Waals surface area contributed by atoms with Crippen molar-refractivity contribution in [3.05, 3.63) is 90.2 Å². The SMILES string of the molecule is CN1C(=O)[C@@]2(C[C@@H](C[Si](c3ccccc3)(c3ccccc3)C(C)(C)C)OC(=O)N2)c2cc(F)ccc21. The number of nitrogens with one attached hydrogen (secondary N) is 1. The Hall–Kier alpha value is -3.45. The molecule has 2 atom stereocenters. The molecule has 0 saturated carbocycles. The number of halogens is 1. The van der Waals surface area contributed by atoms with Gasteiger partial charge < -0.3 is 15.0 Å². The molecule has 1 N–H and O–H groups in total. The number of rotatable bonds is 4. The van der Waals surface area contributed by atoms with Crippen molar-refractivity contribution in [1.82, 2.24) is 5.32 Å². The summed E-state index contributed by atoms with van der Waals surface area (Å²) in [6.45, 7) is 6.74. The van der Waals surface area contributed by atoms with E-state index in [1.807, 2.05) is 12.1 Å². The number of alkyl carbamates (subject to hydrolysis) is 1. The molecular weight excluding hydrogens is 471 g/mol. The molecule has 0 aromatic heterocycles. The zero-order valence-electron chi connectivity index (χ0n) is 21.0. The van der Waals surface area contributed by atoms with Crippen molar-refractivity contribution in [2.24, 2.45) is 0 Å². The van der Waals surface area contributed by atoms with Crippen LogP contribution in [0.3, 0.4) is 0 Å². The summed E-state index contributed by atoms with van der Waals surface area (Å²) in [4.78, 5) is 28.1. The number of fused-ring (bicyclic) bond motifs is 2. The number of hydrogen-bond donors (Lipinski definition) is 1. The highest BCUT2D eigenvalue weighted by atomic mass is 28.3. The molecule has 36 heavy (non-hydrogen) atoms. The molecule has 3 aromatic rings. The predicted molar refractivity (Wildman–Crippen MR) is 142 cm³/mol. The first-order valence-corrected chi connectivity index (χ1v) is 14.5. The molecule has 1 fully saturated rings. The second kappa shape index (κ2) is 8.59. The molecule has 0 radical (unpaired) electrons. The van der Waals surface area contributed by atoms with Crippen LogP contribution in [0.1, 0.15) is 32.8 Å². The van der Waals surface area contributed by atoms with E-state index in [1.54, 1.807) is 13.1 Å². The van der Waals surface area contributed by atoms with E-state index in [2.05, 4.69) is 74.6 Å². The van der Waals surface area contributed by atoms with E-state index in [0.717, 1.165) is 0 Å². The van der Waals surface area contributed by atoms with E-state index in [4.69, 9.17) is 4.74 Å². The van der Waals surface area contributed by atoms with Gasteiger partial charge in [0.25, 0.3) is 5.91 Å². The summed E-state index contributed by atoms with van der Waals surface area (Å²) in [6.07, 6.45) is -0.942. The van der Waals surface area contributed by atoms with Gasteiger partial charge in [-0.15, -0.1) is 0 Å². The van der Waals surface area contributed by atoms with E-state index in [9.17, 15) is 14.0 Å². The van der Waals surface area contributed by atoms with Crippen molar-refractivity contribution >= 4 is 36.1 Å². The van der Waals surface area contributed by atoms with Gasteiger partial charge in [0.2, 0.25) is 0 Å². The van der Waals surface area contributed by atoms with Crippen LogP contribution in [-0.4, -0.2) is 33.2 Å². The molecule has 0 unspecified atom stereocenters. The highest BCUT2D eigenvalue weighted by Crippen LogP contribution is 2.47. The highest BCUT2D eigenvalue weighted by molar-refractivity contribution is 7.04. The summed E-state index contributed by atoms with van der Waals surface area (Å²) in [5.74, 6) is -0.715. The van der Waals surface area contributed by atoms with Gasteiger partial charge in [0.1, 0.15) is 20.0 Å². The molecule has 2 aliphatic rings. The van der Waals surface area contributed by atoms with Crippen LogP contribution >= 0.6 is 0 Å². The Morgan fingerprint density at radius 3 is 2.14 bits per heavy atom. The van der Waals surface area contributed by atoms with Crippen LogP contribution in [0, 0.1) is 5.82 Å². The van der Waals surface area contributed by atoms with E-state index in [1.165, 1.54) is 27.4 Å². The summed E-state index contributed by atoms with van der Waals surface area (Å²) in [5.41, 5.74) is -0.260. The summed E-state index contributed by atoms with van der Waals surface area (Å²) in [5, 5.41) is 5.14. The van der Waals surface area contributed by atoms with Gasteiger partial charge >= 0.3 is 6.09 Å². The van der Waals surface area contributed by atoms with Crippen LogP contribution in [0.15, 0.2) is 78.9 Å². The van der Waals surface area contributed by atoms with Crippen LogP contribution in [-0.2, 0) is 15.1 Å². The Labute approximate surface area is 212 Å². The maximum atomic E-state index is 14.4. The fourth-order valence-electron chi connectivity index (χ4n) is 6.24. The summed E-state index contributed by atoms with van der Waals surface area (Å²) < 4.78 is 20.3. The van der Waals surface area contributed by atoms with Gasteiger partial charge in [-0.1, -0.05) is 91.8 Å². The minimum Gasteiger partial charge on any atom is -0.446 e. The van der Waals surface area contributed by atoms with E-state index in [0.29, 0.717) is 17.3 Å². The van der Waals surface area contributed by atoms with Crippen LogP contribution in [0.2, 0.25) is 11.1 Å². The minimum absolute atomic E-state index is 0.138.